The minimum atomic E-state index is 0.244. The summed E-state index contributed by atoms with van der Waals surface area (Å²) in [4.78, 5) is 0. The van der Waals surface area contributed by atoms with E-state index < -0.39 is 0 Å². The Balaban J connectivity index is 1.45. The van der Waals surface area contributed by atoms with E-state index >= 15 is 0 Å². The maximum Gasteiger partial charge on any atom is 0.231 e. The Morgan fingerprint density at radius 2 is 1.43 bits per heavy atom. The third-order valence-electron chi connectivity index (χ3n) is 5.42. The first-order valence-electron chi connectivity index (χ1n) is 10.1. The third kappa shape index (κ3) is 4.69. The second-order valence-corrected chi connectivity index (χ2v) is 7.25. The van der Waals surface area contributed by atoms with Gasteiger partial charge in [0, 0.05) is 12.5 Å². The second kappa shape index (κ2) is 9.55. The zero-order chi connectivity index (χ0) is 20.8. The van der Waals surface area contributed by atoms with E-state index in [0.29, 0.717) is 0 Å². The molecule has 1 heterocycles. The summed E-state index contributed by atoms with van der Waals surface area (Å²) in [5, 5.41) is 3.56. The number of hydrogen-bond acceptors (Lipinski definition) is 5. The molecular weight excluding hydrogens is 378 g/mol. The highest BCUT2D eigenvalue weighted by molar-refractivity contribution is 5.47. The summed E-state index contributed by atoms with van der Waals surface area (Å²) in [5.74, 6) is 3.61. The van der Waals surface area contributed by atoms with Crippen LogP contribution in [0.1, 0.15) is 29.0 Å². The van der Waals surface area contributed by atoms with Gasteiger partial charge in [-0.25, -0.2) is 0 Å². The minimum absolute atomic E-state index is 0.244. The molecular formula is C25H27NO4. The molecule has 5 heteroatoms. The predicted octanol–water partition coefficient (Wildman–Crippen LogP) is 4.74. The van der Waals surface area contributed by atoms with Crippen LogP contribution in [0.3, 0.4) is 0 Å². The lowest BCUT2D eigenvalue weighted by Gasteiger charge is -2.19. The Hall–Kier alpha value is -3.18. The summed E-state index contributed by atoms with van der Waals surface area (Å²) in [5.41, 5.74) is 3.71. The van der Waals surface area contributed by atoms with Gasteiger partial charge in [-0.2, -0.15) is 0 Å². The molecule has 1 unspecified atom stereocenters. The van der Waals surface area contributed by atoms with Crippen molar-refractivity contribution in [3.05, 3.63) is 83.4 Å². The SMILES string of the molecule is COc1ccc(CNCCC(c2ccc(OC)cc2)c2ccc3c(c2)OCO3)cc1. The number of rotatable bonds is 9. The molecule has 3 aromatic rings. The van der Waals surface area contributed by atoms with Crippen LogP contribution in [-0.4, -0.2) is 27.6 Å². The zero-order valence-electron chi connectivity index (χ0n) is 17.4. The molecule has 0 saturated heterocycles. The average Bonchev–Trinajstić information content (AvgIpc) is 3.27. The van der Waals surface area contributed by atoms with Gasteiger partial charge in [-0.15, -0.1) is 0 Å². The first-order chi connectivity index (χ1) is 14.8. The molecule has 3 aromatic carbocycles. The van der Waals surface area contributed by atoms with Crippen molar-refractivity contribution in [3.8, 4) is 23.0 Å². The summed E-state index contributed by atoms with van der Waals surface area (Å²) < 4.78 is 21.6. The maximum atomic E-state index is 5.60. The van der Waals surface area contributed by atoms with Gasteiger partial charge >= 0.3 is 0 Å². The van der Waals surface area contributed by atoms with Crippen molar-refractivity contribution >= 4 is 0 Å². The molecule has 0 bridgehead atoms. The molecule has 0 saturated carbocycles. The van der Waals surface area contributed by atoms with Crippen LogP contribution in [0.25, 0.3) is 0 Å². The third-order valence-corrected chi connectivity index (χ3v) is 5.42. The molecule has 1 aliphatic heterocycles. The quantitative estimate of drug-likeness (QED) is 0.521. The van der Waals surface area contributed by atoms with Crippen LogP contribution in [-0.2, 0) is 6.54 Å². The van der Waals surface area contributed by atoms with Crippen LogP contribution in [0.5, 0.6) is 23.0 Å². The van der Waals surface area contributed by atoms with E-state index in [1.165, 1.54) is 16.7 Å². The molecule has 1 atom stereocenters. The minimum Gasteiger partial charge on any atom is -0.497 e. The van der Waals surface area contributed by atoms with Crippen molar-refractivity contribution in [2.24, 2.45) is 0 Å². The van der Waals surface area contributed by atoms with Gasteiger partial charge in [0.25, 0.3) is 0 Å². The van der Waals surface area contributed by atoms with E-state index in [1.54, 1.807) is 14.2 Å². The Kier molecular flexibility index (Phi) is 6.40. The van der Waals surface area contributed by atoms with Crippen LogP contribution in [0.2, 0.25) is 0 Å². The van der Waals surface area contributed by atoms with Gasteiger partial charge in [0.2, 0.25) is 6.79 Å². The number of benzene rings is 3. The highest BCUT2D eigenvalue weighted by atomic mass is 16.7. The number of hydrogen-bond donors (Lipinski definition) is 1. The number of methoxy groups -OCH3 is 2. The molecule has 0 aliphatic carbocycles. The molecule has 1 N–H and O–H groups in total. The molecule has 0 amide bonds. The van der Waals surface area contributed by atoms with Crippen molar-refractivity contribution in [3.63, 3.8) is 0 Å². The largest absolute Gasteiger partial charge is 0.497 e. The normalized spacial score (nSPS) is 13.1. The molecule has 4 rings (SSSR count). The Labute approximate surface area is 177 Å². The van der Waals surface area contributed by atoms with Crippen LogP contribution < -0.4 is 24.3 Å². The Bertz CT molecular complexity index is 954. The summed E-state index contributed by atoms with van der Waals surface area (Å²) in [6, 6.07) is 22.7. The van der Waals surface area contributed by atoms with Gasteiger partial charge < -0.3 is 24.3 Å². The lowest BCUT2D eigenvalue weighted by Crippen LogP contribution is -2.17. The van der Waals surface area contributed by atoms with Crippen molar-refractivity contribution in [1.29, 1.82) is 0 Å². The predicted molar refractivity (Wildman–Crippen MR) is 117 cm³/mol. The lowest BCUT2D eigenvalue weighted by atomic mass is 9.88. The van der Waals surface area contributed by atoms with E-state index in [-0.39, 0.29) is 12.7 Å². The standard InChI is InChI=1S/C25H27NO4/c1-27-21-8-3-18(4-9-21)16-26-14-13-23(19-5-10-22(28-2)11-6-19)20-7-12-24-25(15-20)30-17-29-24/h3-12,15,23,26H,13-14,16-17H2,1-2H3. The Morgan fingerprint density at radius 1 is 0.800 bits per heavy atom. The van der Waals surface area contributed by atoms with Gasteiger partial charge in [-0.05, 0) is 66.1 Å². The topological polar surface area (TPSA) is 49.0 Å². The number of ether oxygens (including phenoxy) is 4. The first kappa shape index (κ1) is 20.1. The van der Waals surface area contributed by atoms with Gasteiger partial charge in [-0.1, -0.05) is 30.3 Å². The smallest absolute Gasteiger partial charge is 0.231 e. The number of nitrogens with one attached hydrogen (secondary N) is 1. The molecule has 5 nitrogen and oxygen atoms in total. The summed E-state index contributed by atoms with van der Waals surface area (Å²) in [7, 11) is 3.37. The number of fused-ring (bicyclic) bond motifs is 1. The van der Waals surface area contributed by atoms with Crippen molar-refractivity contribution in [2.45, 2.75) is 18.9 Å². The fourth-order valence-corrected chi connectivity index (χ4v) is 3.71. The fraction of sp³-hybridized carbons (Fsp3) is 0.280. The van der Waals surface area contributed by atoms with Gasteiger partial charge in [0.1, 0.15) is 11.5 Å². The molecule has 0 fully saturated rings. The van der Waals surface area contributed by atoms with E-state index in [4.69, 9.17) is 18.9 Å². The molecule has 0 spiro atoms. The summed E-state index contributed by atoms with van der Waals surface area (Å²) in [6.45, 7) is 1.99. The van der Waals surface area contributed by atoms with E-state index in [2.05, 4.69) is 41.7 Å². The van der Waals surface area contributed by atoms with Gasteiger partial charge in [0.05, 0.1) is 14.2 Å². The molecule has 1 aliphatic rings. The highest BCUT2D eigenvalue weighted by Gasteiger charge is 2.19. The molecule has 0 radical (unpaired) electrons. The van der Waals surface area contributed by atoms with E-state index in [1.807, 2.05) is 30.3 Å². The maximum absolute atomic E-state index is 5.60. The van der Waals surface area contributed by atoms with Crippen LogP contribution in [0, 0.1) is 0 Å². The van der Waals surface area contributed by atoms with E-state index in [0.717, 1.165) is 42.5 Å². The fourth-order valence-electron chi connectivity index (χ4n) is 3.71. The van der Waals surface area contributed by atoms with Crippen LogP contribution in [0.15, 0.2) is 66.7 Å². The highest BCUT2D eigenvalue weighted by Crippen LogP contribution is 2.37. The monoisotopic (exact) mass is 405 g/mol. The van der Waals surface area contributed by atoms with Crippen molar-refractivity contribution in [1.82, 2.24) is 5.32 Å². The molecule has 0 aromatic heterocycles. The van der Waals surface area contributed by atoms with Crippen molar-refractivity contribution < 1.29 is 18.9 Å². The summed E-state index contributed by atoms with van der Waals surface area (Å²) in [6.07, 6.45) is 0.960. The second-order valence-electron chi connectivity index (χ2n) is 7.25. The van der Waals surface area contributed by atoms with E-state index in [9.17, 15) is 0 Å². The Morgan fingerprint density at radius 3 is 2.13 bits per heavy atom. The molecule has 30 heavy (non-hydrogen) atoms. The first-order valence-corrected chi connectivity index (χ1v) is 10.1. The van der Waals surface area contributed by atoms with Crippen molar-refractivity contribution in [2.75, 3.05) is 27.6 Å². The van der Waals surface area contributed by atoms with Gasteiger partial charge in [0.15, 0.2) is 11.5 Å². The molecule has 156 valence electrons. The van der Waals surface area contributed by atoms with Crippen LogP contribution >= 0.6 is 0 Å². The van der Waals surface area contributed by atoms with Gasteiger partial charge in [-0.3, -0.25) is 0 Å². The lowest BCUT2D eigenvalue weighted by molar-refractivity contribution is 0.174. The zero-order valence-corrected chi connectivity index (χ0v) is 17.4. The summed E-state index contributed by atoms with van der Waals surface area (Å²) >= 11 is 0. The average molecular weight is 405 g/mol. The van der Waals surface area contributed by atoms with Crippen LogP contribution in [0.4, 0.5) is 0 Å².